The summed E-state index contributed by atoms with van der Waals surface area (Å²) in [5, 5.41) is 0. The van der Waals surface area contributed by atoms with Gasteiger partial charge in [0.2, 0.25) is 0 Å². The number of carbonyl (C=O) groups is 6. The number of hydrogen-bond donors (Lipinski definition) is 0. The highest BCUT2D eigenvalue weighted by molar-refractivity contribution is 5.71. The van der Waals surface area contributed by atoms with Gasteiger partial charge in [-0.05, 0) is 116 Å². The summed E-state index contributed by atoms with van der Waals surface area (Å²) in [5.41, 5.74) is 0. The maximum atomic E-state index is 13.1. The van der Waals surface area contributed by atoms with Crippen LogP contribution in [0.4, 0.5) is 0 Å². The first-order valence-electron chi connectivity index (χ1n) is 39.1. The summed E-state index contributed by atoms with van der Waals surface area (Å²) in [4.78, 5) is 77.4. The zero-order chi connectivity index (χ0) is 65.9. The van der Waals surface area contributed by atoms with Crippen LogP contribution in [-0.4, -0.2) is 73.4 Å². The second-order valence-electron chi connectivity index (χ2n) is 26.8. The predicted molar refractivity (Wildman–Crippen MR) is 373 cm³/mol. The van der Waals surface area contributed by atoms with Crippen LogP contribution in [0.5, 0.6) is 0 Å². The Morgan fingerprint density at radius 3 is 0.544 bits per heavy atom. The Balaban J connectivity index is 4.92. The standard InChI is InChI=1S/C78H146O12/c1-7-13-19-25-29-37-49-59-75(81)87-69(53-43-23-17-11-5)63-65-71(89-77(83)61-51-39-31-27-21-15-9-3)55-45-35-33-41-47-57-73(79)85-67-68-86-74(80)58-48-42-34-36-46-56-72(90-78(84)62-52-40-32-28-22-16-10-4)66-64-70(54-44-24-18-12-6)88-76(82)60-50-38-30-26-20-14-8-2/h69-72H,7-68H2,1-6H3. The highest BCUT2D eigenvalue weighted by Gasteiger charge is 2.23. The number of rotatable bonds is 71. The van der Waals surface area contributed by atoms with E-state index in [0.29, 0.717) is 64.2 Å². The Labute approximate surface area is 554 Å². The van der Waals surface area contributed by atoms with Gasteiger partial charge in [0.1, 0.15) is 37.6 Å². The van der Waals surface area contributed by atoms with Crippen molar-refractivity contribution < 1.29 is 57.2 Å². The summed E-state index contributed by atoms with van der Waals surface area (Å²) in [7, 11) is 0. The summed E-state index contributed by atoms with van der Waals surface area (Å²) in [6.45, 7) is 13.4. The normalized spacial score (nSPS) is 12.7. The van der Waals surface area contributed by atoms with Crippen LogP contribution in [0.25, 0.3) is 0 Å². The van der Waals surface area contributed by atoms with E-state index in [0.717, 1.165) is 193 Å². The molecule has 0 aromatic heterocycles. The van der Waals surface area contributed by atoms with Crippen LogP contribution in [0, 0.1) is 0 Å². The number of hydrogen-bond acceptors (Lipinski definition) is 12. The second-order valence-corrected chi connectivity index (χ2v) is 26.8. The molecule has 0 aromatic rings. The molecular formula is C78H146O12. The van der Waals surface area contributed by atoms with E-state index < -0.39 is 0 Å². The van der Waals surface area contributed by atoms with Crippen molar-refractivity contribution in [1.29, 1.82) is 0 Å². The first-order valence-corrected chi connectivity index (χ1v) is 39.1. The van der Waals surface area contributed by atoms with Gasteiger partial charge >= 0.3 is 35.8 Å². The highest BCUT2D eigenvalue weighted by atomic mass is 16.6. The van der Waals surface area contributed by atoms with E-state index in [1.54, 1.807) is 0 Å². The average molecular weight is 1280 g/mol. The Morgan fingerprint density at radius 2 is 0.344 bits per heavy atom. The molecule has 0 aromatic carbocycles. The Morgan fingerprint density at radius 1 is 0.189 bits per heavy atom. The fraction of sp³-hybridized carbons (Fsp3) is 0.923. The topological polar surface area (TPSA) is 158 Å². The molecule has 4 atom stereocenters. The average Bonchev–Trinajstić information content (AvgIpc) is 3.73. The van der Waals surface area contributed by atoms with Crippen LogP contribution < -0.4 is 0 Å². The molecule has 0 rings (SSSR count). The highest BCUT2D eigenvalue weighted by Crippen LogP contribution is 2.24. The van der Waals surface area contributed by atoms with Crippen LogP contribution in [0.15, 0.2) is 0 Å². The molecule has 0 saturated carbocycles. The maximum Gasteiger partial charge on any atom is 0.306 e. The molecule has 12 heteroatoms. The van der Waals surface area contributed by atoms with Crippen molar-refractivity contribution in [2.75, 3.05) is 13.2 Å². The van der Waals surface area contributed by atoms with Gasteiger partial charge in [0, 0.05) is 38.5 Å². The lowest BCUT2D eigenvalue weighted by atomic mass is 9.99. The van der Waals surface area contributed by atoms with Crippen LogP contribution in [0.3, 0.4) is 0 Å². The summed E-state index contributed by atoms with van der Waals surface area (Å²) in [6, 6.07) is 0. The van der Waals surface area contributed by atoms with Gasteiger partial charge in [-0.3, -0.25) is 28.8 Å². The van der Waals surface area contributed by atoms with E-state index in [4.69, 9.17) is 28.4 Å². The molecule has 90 heavy (non-hydrogen) atoms. The Bertz CT molecular complexity index is 1500. The summed E-state index contributed by atoms with van der Waals surface area (Å²) >= 11 is 0. The molecule has 0 bridgehead atoms. The third-order valence-corrected chi connectivity index (χ3v) is 17.9. The Kier molecular flexibility index (Phi) is 66.2. The van der Waals surface area contributed by atoms with E-state index >= 15 is 0 Å². The van der Waals surface area contributed by atoms with E-state index in [-0.39, 0.29) is 73.4 Å². The zero-order valence-corrected chi connectivity index (χ0v) is 60.0. The molecule has 0 saturated heterocycles. The maximum absolute atomic E-state index is 13.1. The minimum Gasteiger partial charge on any atom is -0.462 e. The summed E-state index contributed by atoms with van der Waals surface area (Å²) in [5.74, 6) is -0.977. The molecule has 0 N–H and O–H groups in total. The van der Waals surface area contributed by atoms with Gasteiger partial charge in [-0.2, -0.15) is 0 Å². The molecule has 0 amide bonds. The largest absolute Gasteiger partial charge is 0.462 e. The molecule has 530 valence electrons. The first kappa shape index (κ1) is 86.8. The van der Waals surface area contributed by atoms with Gasteiger partial charge in [0.15, 0.2) is 0 Å². The van der Waals surface area contributed by atoms with Crippen molar-refractivity contribution in [3.63, 3.8) is 0 Å². The molecule has 0 aliphatic carbocycles. The number of esters is 6. The van der Waals surface area contributed by atoms with Crippen LogP contribution >= 0.6 is 0 Å². The minimum atomic E-state index is -0.281. The van der Waals surface area contributed by atoms with Gasteiger partial charge in [-0.25, -0.2) is 0 Å². The van der Waals surface area contributed by atoms with Gasteiger partial charge in [-0.15, -0.1) is 0 Å². The lowest BCUT2D eigenvalue weighted by molar-refractivity contribution is -0.154. The lowest BCUT2D eigenvalue weighted by Crippen LogP contribution is -2.23. The van der Waals surface area contributed by atoms with E-state index in [1.807, 2.05) is 0 Å². The SMILES string of the molecule is CCCCCCCCCC(=O)OC(CCCCCC)CCC(CCCCCCCC(=O)OCCOC(=O)CCCCCCCC(CCC(CCCCCC)OC(=O)CCCCCCCCC)OC(=O)CCCCCCCCC)OC(=O)CCCCCCCCC. The van der Waals surface area contributed by atoms with Crippen molar-refractivity contribution in [1.82, 2.24) is 0 Å². The summed E-state index contributed by atoms with van der Waals surface area (Å²) < 4.78 is 35.3. The third-order valence-electron chi connectivity index (χ3n) is 17.9. The molecule has 0 spiro atoms. The van der Waals surface area contributed by atoms with Crippen molar-refractivity contribution in [3.05, 3.63) is 0 Å². The van der Waals surface area contributed by atoms with E-state index in [9.17, 15) is 28.8 Å². The first-order chi connectivity index (χ1) is 44.0. The predicted octanol–water partition coefficient (Wildman–Crippen LogP) is 23.2. The van der Waals surface area contributed by atoms with Crippen molar-refractivity contribution in [2.24, 2.45) is 0 Å². The monoisotopic (exact) mass is 1280 g/mol. The Hall–Kier alpha value is -3.18. The molecule has 0 fully saturated rings. The van der Waals surface area contributed by atoms with Gasteiger partial charge in [-0.1, -0.05) is 273 Å². The molecule has 0 radical (unpaired) electrons. The summed E-state index contributed by atoms with van der Waals surface area (Å²) in [6.07, 6.45) is 58.2. The van der Waals surface area contributed by atoms with Crippen molar-refractivity contribution >= 4 is 35.8 Å². The van der Waals surface area contributed by atoms with Crippen LogP contribution in [0.2, 0.25) is 0 Å². The molecule has 0 heterocycles. The fourth-order valence-electron chi connectivity index (χ4n) is 12.1. The molecular weight excluding hydrogens is 1130 g/mol. The van der Waals surface area contributed by atoms with E-state index in [1.165, 1.54) is 128 Å². The van der Waals surface area contributed by atoms with Crippen LogP contribution in [-0.2, 0) is 57.2 Å². The molecule has 0 aliphatic heterocycles. The molecule has 0 aliphatic rings. The number of carbonyl (C=O) groups excluding carboxylic acids is 6. The third kappa shape index (κ3) is 62.3. The zero-order valence-electron chi connectivity index (χ0n) is 60.0. The number of unbranched alkanes of at least 4 members (excludes halogenated alkanes) is 38. The lowest BCUT2D eigenvalue weighted by Gasteiger charge is -2.23. The van der Waals surface area contributed by atoms with Crippen LogP contribution in [0.1, 0.15) is 427 Å². The minimum absolute atomic E-state index is 0.0493. The number of ether oxygens (including phenoxy) is 6. The second kappa shape index (κ2) is 68.7. The van der Waals surface area contributed by atoms with Gasteiger partial charge < -0.3 is 28.4 Å². The quantitative estimate of drug-likeness (QED) is 0.0323. The fourth-order valence-corrected chi connectivity index (χ4v) is 12.1. The van der Waals surface area contributed by atoms with Gasteiger partial charge in [0.25, 0.3) is 0 Å². The van der Waals surface area contributed by atoms with E-state index in [2.05, 4.69) is 41.5 Å². The van der Waals surface area contributed by atoms with Crippen molar-refractivity contribution in [3.8, 4) is 0 Å². The smallest absolute Gasteiger partial charge is 0.306 e. The molecule has 12 nitrogen and oxygen atoms in total. The van der Waals surface area contributed by atoms with Crippen molar-refractivity contribution in [2.45, 2.75) is 451 Å². The molecule has 4 unspecified atom stereocenters. The van der Waals surface area contributed by atoms with Gasteiger partial charge in [0.05, 0.1) is 0 Å².